The van der Waals surface area contributed by atoms with Crippen LogP contribution in [-0.4, -0.2) is 34.5 Å². The lowest BCUT2D eigenvalue weighted by Gasteiger charge is -2.37. The van der Waals surface area contributed by atoms with Gasteiger partial charge in [0.25, 0.3) is 0 Å². The fraction of sp³-hybridized carbons (Fsp3) is 0.846. The van der Waals surface area contributed by atoms with Gasteiger partial charge in [-0.3, -0.25) is 4.79 Å². The zero-order valence-electron chi connectivity index (χ0n) is 10.9. The van der Waals surface area contributed by atoms with Crippen LogP contribution in [0.5, 0.6) is 0 Å². The van der Waals surface area contributed by atoms with Crippen LogP contribution in [0, 0.1) is 11.8 Å². The largest absolute Gasteiger partial charge is 0.480 e. The molecule has 0 bridgehead atoms. The number of carbonyl (C=O) groups excluding carboxylic acids is 1. The molecule has 0 aromatic rings. The Balaban J connectivity index is 2.83. The summed E-state index contributed by atoms with van der Waals surface area (Å²) >= 11 is 0. The second kappa shape index (κ2) is 6.03. The molecule has 4 heteroatoms. The molecule has 0 aromatic carbocycles. The van der Waals surface area contributed by atoms with E-state index in [0.717, 1.165) is 19.3 Å². The van der Waals surface area contributed by atoms with Crippen molar-refractivity contribution in [2.45, 2.75) is 58.5 Å². The van der Waals surface area contributed by atoms with Crippen LogP contribution < -0.4 is 0 Å². The van der Waals surface area contributed by atoms with E-state index in [2.05, 4.69) is 6.92 Å². The molecule has 1 aliphatic carbocycles. The van der Waals surface area contributed by atoms with Gasteiger partial charge >= 0.3 is 5.97 Å². The highest BCUT2D eigenvalue weighted by Gasteiger charge is 2.36. The number of carbonyl (C=O) groups is 2. The smallest absolute Gasteiger partial charge is 0.326 e. The maximum atomic E-state index is 11.4. The fourth-order valence-corrected chi connectivity index (χ4v) is 2.85. The maximum Gasteiger partial charge on any atom is 0.326 e. The van der Waals surface area contributed by atoms with Crippen LogP contribution in [0.15, 0.2) is 0 Å². The highest BCUT2D eigenvalue weighted by atomic mass is 16.4. The van der Waals surface area contributed by atoms with Crippen molar-refractivity contribution < 1.29 is 14.7 Å². The monoisotopic (exact) mass is 241 g/mol. The average molecular weight is 241 g/mol. The molecule has 1 N–H and O–H groups in total. The van der Waals surface area contributed by atoms with E-state index in [4.69, 9.17) is 0 Å². The summed E-state index contributed by atoms with van der Waals surface area (Å²) in [5.41, 5.74) is 0. The Hall–Kier alpha value is -1.06. The van der Waals surface area contributed by atoms with Crippen LogP contribution in [-0.2, 0) is 9.59 Å². The Labute approximate surface area is 103 Å². The molecule has 1 amide bonds. The number of nitrogens with zero attached hydrogens (tertiary/aromatic N) is 1. The van der Waals surface area contributed by atoms with Crippen molar-refractivity contribution in [3.63, 3.8) is 0 Å². The lowest BCUT2D eigenvalue weighted by Crippen LogP contribution is -2.49. The molecule has 17 heavy (non-hydrogen) atoms. The molecule has 98 valence electrons. The second-order valence-electron chi connectivity index (χ2n) is 5.46. The first-order valence-electron chi connectivity index (χ1n) is 6.43. The fourth-order valence-electron chi connectivity index (χ4n) is 2.85. The zero-order chi connectivity index (χ0) is 13.0. The Morgan fingerprint density at radius 3 is 2.47 bits per heavy atom. The van der Waals surface area contributed by atoms with E-state index in [0.29, 0.717) is 12.3 Å². The zero-order valence-corrected chi connectivity index (χ0v) is 10.9. The number of rotatable bonds is 5. The number of hydrogen-bond acceptors (Lipinski definition) is 2. The first kappa shape index (κ1) is 14.0. The molecule has 3 atom stereocenters. The van der Waals surface area contributed by atoms with E-state index in [1.807, 2.05) is 13.8 Å². The Kier molecular flexibility index (Phi) is 4.97. The third-order valence-corrected chi connectivity index (χ3v) is 3.72. The first-order chi connectivity index (χ1) is 7.97. The summed E-state index contributed by atoms with van der Waals surface area (Å²) < 4.78 is 0. The van der Waals surface area contributed by atoms with Crippen LogP contribution in [0.3, 0.4) is 0 Å². The van der Waals surface area contributed by atoms with Gasteiger partial charge < -0.3 is 10.0 Å². The van der Waals surface area contributed by atoms with Crippen molar-refractivity contribution in [3.05, 3.63) is 0 Å². The normalized spacial score (nSPS) is 26.6. The first-order valence-corrected chi connectivity index (χ1v) is 6.43. The van der Waals surface area contributed by atoms with E-state index in [-0.39, 0.29) is 12.0 Å². The molecule has 0 saturated heterocycles. The second-order valence-corrected chi connectivity index (χ2v) is 5.46. The summed E-state index contributed by atoms with van der Waals surface area (Å²) in [6.45, 7) is 5.87. The molecule has 1 saturated carbocycles. The quantitative estimate of drug-likeness (QED) is 0.750. The van der Waals surface area contributed by atoms with Crippen LogP contribution in [0.1, 0.15) is 46.5 Å². The van der Waals surface area contributed by atoms with Crippen LogP contribution >= 0.6 is 0 Å². The lowest BCUT2D eigenvalue weighted by molar-refractivity contribution is -0.151. The average Bonchev–Trinajstić information content (AvgIpc) is 2.24. The molecule has 3 unspecified atom stereocenters. The molecule has 0 heterocycles. The van der Waals surface area contributed by atoms with E-state index >= 15 is 0 Å². The van der Waals surface area contributed by atoms with Gasteiger partial charge in [0.2, 0.25) is 6.41 Å². The summed E-state index contributed by atoms with van der Waals surface area (Å²) in [5, 5.41) is 9.36. The van der Waals surface area contributed by atoms with Crippen LogP contribution in [0.2, 0.25) is 0 Å². The summed E-state index contributed by atoms with van der Waals surface area (Å²) in [6, 6.07) is -0.721. The molecular formula is C13H23NO3. The predicted molar refractivity (Wildman–Crippen MR) is 65.6 cm³/mol. The van der Waals surface area contributed by atoms with Crippen LogP contribution in [0.4, 0.5) is 0 Å². The van der Waals surface area contributed by atoms with E-state index < -0.39 is 12.0 Å². The summed E-state index contributed by atoms with van der Waals surface area (Å²) in [4.78, 5) is 23.9. The molecule has 1 fully saturated rings. The standard InChI is InChI=1S/C13H23NO3/c1-9(2)14(8-15)12(13(16)17)11-6-4-5-10(3)7-11/h8-12H,4-7H2,1-3H3,(H,16,17). The molecule has 1 rings (SSSR count). The van der Waals surface area contributed by atoms with E-state index in [1.165, 1.54) is 11.3 Å². The van der Waals surface area contributed by atoms with E-state index in [9.17, 15) is 14.7 Å². The molecule has 0 aromatic heterocycles. The van der Waals surface area contributed by atoms with Crippen molar-refractivity contribution in [1.29, 1.82) is 0 Å². The van der Waals surface area contributed by atoms with Crippen molar-refractivity contribution in [3.8, 4) is 0 Å². The SMILES string of the molecule is CC1CCCC(C(C(=O)O)N(C=O)C(C)C)C1. The topological polar surface area (TPSA) is 57.6 Å². The highest BCUT2D eigenvalue weighted by Crippen LogP contribution is 2.33. The minimum absolute atomic E-state index is 0.0640. The van der Waals surface area contributed by atoms with Crippen LogP contribution in [0.25, 0.3) is 0 Å². The molecule has 4 nitrogen and oxygen atoms in total. The summed E-state index contributed by atoms with van der Waals surface area (Å²) in [5.74, 6) is -0.204. The summed E-state index contributed by atoms with van der Waals surface area (Å²) in [6.07, 6.45) is 4.75. The van der Waals surface area contributed by atoms with Gasteiger partial charge in [0.15, 0.2) is 0 Å². The molecule has 0 aliphatic heterocycles. The number of hydrogen-bond donors (Lipinski definition) is 1. The van der Waals surface area contributed by atoms with Gasteiger partial charge in [-0.05, 0) is 38.5 Å². The van der Waals surface area contributed by atoms with Gasteiger partial charge in [-0.1, -0.05) is 19.8 Å². The van der Waals surface area contributed by atoms with E-state index in [1.54, 1.807) is 0 Å². The van der Waals surface area contributed by atoms with Crippen molar-refractivity contribution in [1.82, 2.24) is 4.90 Å². The van der Waals surface area contributed by atoms with Crippen molar-refractivity contribution in [2.24, 2.45) is 11.8 Å². The van der Waals surface area contributed by atoms with Gasteiger partial charge in [0.05, 0.1) is 0 Å². The maximum absolute atomic E-state index is 11.4. The Morgan fingerprint density at radius 2 is 2.06 bits per heavy atom. The minimum atomic E-state index is -0.870. The minimum Gasteiger partial charge on any atom is -0.480 e. The molecule has 0 radical (unpaired) electrons. The number of amides is 1. The molecular weight excluding hydrogens is 218 g/mol. The predicted octanol–water partition coefficient (Wildman–Crippen LogP) is 2.13. The lowest BCUT2D eigenvalue weighted by atomic mass is 9.78. The van der Waals surface area contributed by atoms with Gasteiger partial charge in [-0.25, -0.2) is 4.79 Å². The van der Waals surface area contributed by atoms with Gasteiger partial charge in [0.1, 0.15) is 6.04 Å². The van der Waals surface area contributed by atoms with Gasteiger partial charge in [-0.15, -0.1) is 0 Å². The van der Waals surface area contributed by atoms with Crippen molar-refractivity contribution >= 4 is 12.4 Å². The number of carboxylic acids is 1. The highest BCUT2D eigenvalue weighted by molar-refractivity contribution is 5.76. The molecule has 0 spiro atoms. The van der Waals surface area contributed by atoms with Gasteiger partial charge in [0, 0.05) is 6.04 Å². The molecule has 1 aliphatic rings. The van der Waals surface area contributed by atoms with Gasteiger partial charge in [-0.2, -0.15) is 0 Å². The third kappa shape index (κ3) is 3.45. The number of aliphatic carboxylic acids is 1. The van der Waals surface area contributed by atoms with Crippen molar-refractivity contribution in [2.75, 3.05) is 0 Å². The Morgan fingerprint density at radius 1 is 1.41 bits per heavy atom. The summed E-state index contributed by atoms with van der Waals surface area (Å²) in [7, 11) is 0. The Bertz CT molecular complexity index is 278. The third-order valence-electron chi connectivity index (χ3n) is 3.72. The number of carboxylic acid groups (broad SMARTS) is 1.